The molecule has 2 heterocycles. The molecule has 0 radical (unpaired) electrons. The quantitative estimate of drug-likeness (QED) is 0.137. The summed E-state index contributed by atoms with van der Waals surface area (Å²) in [5.74, 6) is -0.746. The summed E-state index contributed by atoms with van der Waals surface area (Å²) in [5, 5.41) is 10.2. The van der Waals surface area contributed by atoms with E-state index in [0.717, 1.165) is 24.0 Å². The highest BCUT2D eigenvalue weighted by molar-refractivity contribution is 7.93. The lowest BCUT2D eigenvalue weighted by Crippen LogP contribution is -2.51. The molecule has 2 amide bonds. The topological polar surface area (TPSA) is 172 Å². The van der Waals surface area contributed by atoms with Gasteiger partial charge in [-0.2, -0.15) is 5.10 Å². The summed E-state index contributed by atoms with van der Waals surface area (Å²) in [6, 6.07) is 7.69. The number of carbonyl (C=O) groups excluding carboxylic acids is 2. The molecule has 14 heteroatoms. The molecule has 0 saturated heterocycles. The first-order valence-electron chi connectivity index (χ1n) is 14.7. The van der Waals surface area contributed by atoms with Gasteiger partial charge in [0.1, 0.15) is 5.69 Å². The lowest BCUT2D eigenvalue weighted by atomic mass is 10.0. The van der Waals surface area contributed by atoms with Gasteiger partial charge < -0.3 is 15.0 Å². The van der Waals surface area contributed by atoms with E-state index < -0.39 is 25.4 Å². The third-order valence-corrected chi connectivity index (χ3v) is 11.2. The summed E-state index contributed by atoms with van der Waals surface area (Å²) in [4.78, 5) is 35.1. The number of aryl methyl sites for hydroxylation is 1. The summed E-state index contributed by atoms with van der Waals surface area (Å²) in [7, 11) is -2.12. The summed E-state index contributed by atoms with van der Waals surface area (Å²) in [6.45, 7) is 11.4. The zero-order chi connectivity index (χ0) is 32.3. The first kappa shape index (κ1) is 33.2. The van der Waals surface area contributed by atoms with Crippen molar-refractivity contribution in [1.82, 2.24) is 20.0 Å². The number of sulfone groups is 1. The number of amides is 2. The van der Waals surface area contributed by atoms with Crippen LogP contribution in [0.5, 0.6) is 0 Å². The smallest absolute Gasteiger partial charge is 0.272 e. The van der Waals surface area contributed by atoms with Crippen LogP contribution < -0.4 is 5.32 Å². The van der Waals surface area contributed by atoms with E-state index in [1.54, 1.807) is 39.6 Å². The monoisotopic (exact) mass is 626 g/mol. The van der Waals surface area contributed by atoms with Crippen LogP contribution in [0.25, 0.3) is 10.4 Å². The summed E-state index contributed by atoms with van der Waals surface area (Å²) in [5.41, 5.74) is 11.0. The third kappa shape index (κ3) is 7.31. The van der Waals surface area contributed by atoms with Crippen molar-refractivity contribution in [3.63, 3.8) is 0 Å². The van der Waals surface area contributed by atoms with Crippen LogP contribution in [0.2, 0.25) is 0 Å². The molecular weight excluding hydrogens is 584 g/mol. The van der Waals surface area contributed by atoms with Crippen LogP contribution in [-0.2, 0) is 41.1 Å². The number of aromatic nitrogens is 2. The average molecular weight is 627 g/mol. The van der Waals surface area contributed by atoms with Gasteiger partial charge in [-0.25, -0.2) is 8.42 Å². The molecule has 1 fully saturated rings. The van der Waals surface area contributed by atoms with Crippen molar-refractivity contribution in [2.75, 3.05) is 26.3 Å². The molecule has 2 aliphatic rings. The number of carbonyl (C=O) groups is 2. The van der Waals surface area contributed by atoms with Crippen LogP contribution in [0.1, 0.15) is 78.2 Å². The van der Waals surface area contributed by atoms with Gasteiger partial charge in [-0.3, -0.25) is 19.3 Å². The van der Waals surface area contributed by atoms with E-state index in [1.807, 2.05) is 24.3 Å². The standard InChI is InChI=1S/C30H42N8O5S/c1-29(2,35-36-31)18-43-19-30(3,4)44(41,42)24(22-11-12-22)17-38-14-13-23-25(34-37(6)26(23)28(38)40)27(39)33-16-21-9-7-20(8-10-21)15-32-5/h7-10,22,24H,5,11-19H2,1-4,6H3,(H,33,39). The predicted octanol–water partition coefficient (Wildman–Crippen LogP) is 3.63. The lowest BCUT2D eigenvalue weighted by Gasteiger charge is -2.35. The molecular formula is C30H42N8O5S. The molecule has 1 aliphatic carbocycles. The predicted molar refractivity (Wildman–Crippen MR) is 167 cm³/mol. The maximum Gasteiger partial charge on any atom is 0.272 e. The Bertz CT molecular complexity index is 1550. The average Bonchev–Trinajstić information content (AvgIpc) is 3.73. The minimum atomic E-state index is -3.74. The number of azide groups is 1. The number of hydrogen-bond donors (Lipinski definition) is 1. The van der Waals surface area contributed by atoms with E-state index in [9.17, 15) is 18.0 Å². The molecule has 13 nitrogen and oxygen atoms in total. The number of benzene rings is 1. The Hall–Kier alpha value is -3.74. The minimum Gasteiger partial charge on any atom is -0.379 e. The normalized spacial score (nSPS) is 16.2. The minimum absolute atomic E-state index is 0.0388. The van der Waals surface area contributed by atoms with Gasteiger partial charge in [-0.05, 0) is 62.4 Å². The third-order valence-electron chi connectivity index (χ3n) is 8.19. The Morgan fingerprint density at radius 3 is 2.48 bits per heavy atom. The summed E-state index contributed by atoms with van der Waals surface area (Å²) in [6.07, 6.45) is 1.95. The Kier molecular flexibility index (Phi) is 9.86. The van der Waals surface area contributed by atoms with E-state index in [1.165, 1.54) is 4.68 Å². The van der Waals surface area contributed by atoms with E-state index >= 15 is 0 Å². The molecule has 1 unspecified atom stereocenters. The second kappa shape index (κ2) is 13.1. The second-order valence-electron chi connectivity index (χ2n) is 12.9. The van der Waals surface area contributed by atoms with Crippen molar-refractivity contribution in [3.8, 4) is 0 Å². The highest BCUT2D eigenvalue weighted by Gasteiger charge is 2.49. The molecule has 4 rings (SSSR count). The number of aliphatic imine (C=N–C) groups is 1. The highest BCUT2D eigenvalue weighted by Crippen LogP contribution is 2.41. The molecule has 0 bridgehead atoms. The molecule has 2 aromatic rings. The Morgan fingerprint density at radius 1 is 1.20 bits per heavy atom. The van der Waals surface area contributed by atoms with Gasteiger partial charge in [0.2, 0.25) is 0 Å². The van der Waals surface area contributed by atoms with Gasteiger partial charge in [-0.15, -0.1) is 0 Å². The Labute approximate surface area is 258 Å². The van der Waals surface area contributed by atoms with Crippen LogP contribution in [0.15, 0.2) is 34.4 Å². The fourth-order valence-electron chi connectivity index (χ4n) is 5.46. The van der Waals surface area contributed by atoms with Gasteiger partial charge in [-0.1, -0.05) is 43.2 Å². The molecule has 1 N–H and O–H groups in total. The number of rotatable bonds is 15. The molecule has 1 aromatic carbocycles. The zero-order valence-corrected chi connectivity index (χ0v) is 26.9. The summed E-state index contributed by atoms with van der Waals surface area (Å²) >= 11 is 0. The van der Waals surface area contributed by atoms with E-state index in [2.05, 4.69) is 32.2 Å². The largest absolute Gasteiger partial charge is 0.379 e. The van der Waals surface area contributed by atoms with Gasteiger partial charge in [0.05, 0.1) is 35.3 Å². The number of nitrogens with one attached hydrogen (secondary N) is 1. The molecule has 0 spiro atoms. The van der Waals surface area contributed by atoms with Crippen LogP contribution in [0, 0.1) is 5.92 Å². The SMILES string of the molecule is C=NCc1ccc(CNC(=O)c2nn(C)c3c2CCN(CC(C2CC2)S(=O)(=O)C(C)(C)COCC(C)(C)N=[N+]=[N-])C3=O)cc1. The molecule has 238 valence electrons. The van der Waals surface area contributed by atoms with Crippen LogP contribution in [-0.4, -0.2) is 83.5 Å². The fraction of sp³-hybridized carbons (Fsp3) is 0.600. The fourth-order valence-corrected chi connectivity index (χ4v) is 7.68. The van der Waals surface area contributed by atoms with E-state index in [4.69, 9.17) is 10.3 Å². The maximum atomic E-state index is 14.0. The first-order chi connectivity index (χ1) is 20.7. The van der Waals surface area contributed by atoms with Crippen LogP contribution >= 0.6 is 0 Å². The van der Waals surface area contributed by atoms with Crippen LogP contribution in [0.3, 0.4) is 0 Å². The molecule has 44 heavy (non-hydrogen) atoms. The first-order valence-corrected chi connectivity index (χ1v) is 16.3. The lowest BCUT2D eigenvalue weighted by molar-refractivity contribution is 0.0721. The molecule has 1 atom stereocenters. The van der Waals surface area contributed by atoms with Crippen molar-refractivity contribution in [2.24, 2.45) is 23.1 Å². The second-order valence-corrected chi connectivity index (χ2v) is 15.7. The van der Waals surface area contributed by atoms with Gasteiger partial charge in [0.25, 0.3) is 11.8 Å². The van der Waals surface area contributed by atoms with E-state index in [0.29, 0.717) is 30.8 Å². The van der Waals surface area contributed by atoms with Crippen molar-refractivity contribution in [1.29, 1.82) is 0 Å². The molecule has 1 aliphatic heterocycles. The number of ether oxygens (including phenoxy) is 1. The number of nitrogens with zero attached hydrogens (tertiary/aromatic N) is 7. The summed E-state index contributed by atoms with van der Waals surface area (Å²) < 4.78 is 33.9. The van der Waals surface area contributed by atoms with Crippen molar-refractivity contribution < 1.29 is 22.7 Å². The maximum absolute atomic E-state index is 14.0. The number of hydrogen-bond acceptors (Lipinski definition) is 8. The molecule has 1 saturated carbocycles. The zero-order valence-electron chi connectivity index (χ0n) is 26.1. The van der Waals surface area contributed by atoms with Crippen LogP contribution in [0.4, 0.5) is 0 Å². The van der Waals surface area contributed by atoms with Crippen molar-refractivity contribution >= 4 is 28.4 Å². The van der Waals surface area contributed by atoms with Gasteiger partial charge in [0, 0.05) is 37.2 Å². The highest BCUT2D eigenvalue weighted by atomic mass is 32.2. The van der Waals surface area contributed by atoms with E-state index in [-0.39, 0.29) is 49.7 Å². The van der Waals surface area contributed by atoms with Gasteiger partial charge >= 0.3 is 0 Å². The van der Waals surface area contributed by atoms with Gasteiger partial charge in [0.15, 0.2) is 15.5 Å². The van der Waals surface area contributed by atoms with Crippen molar-refractivity contribution in [2.45, 2.75) is 75.6 Å². The Morgan fingerprint density at radius 2 is 1.86 bits per heavy atom. The van der Waals surface area contributed by atoms with Crippen molar-refractivity contribution in [3.05, 3.63) is 62.8 Å². The Balaban J connectivity index is 1.44. The number of fused-ring (bicyclic) bond motifs is 1. The molecule has 1 aromatic heterocycles.